The number of rotatable bonds is 4. The van der Waals surface area contributed by atoms with Crippen molar-refractivity contribution in [2.75, 3.05) is 6.54 Å². The average molecular weight is 332 g/mol. The standard InChI is InChI=1S/C21H33NO2/c1-4-21(24-19(23)20(2,3)16-7-8-22-16)11-14-10-15(21)18-13-6-5-12(9-13)17(14)18/h12-18,22H,4-11H2,1-3H3. The SMILES string of the molecule is CCC1(OC(=O)C(C)(C)C2CCN2)CC2CC1C1C3CCC(C3)C21. The summed E-state index contributed by atoms with van der Waals surface area (Å²) >= 11 is 0. The third-order valence-corrected chi connectivity index (χ3v) is 9.01. The van der Waals surface area contributed by atoms with Gasteiger partial charge in [0.25, 0.3) is 0 Å². The van der Waals surface area contributed by atoms with Gasteiger partial charge in [-0.25, -0.2) is 0 Å². The number of nitrogens with one attached hydrogen (secondary N) is 1. The summed E-state index contributed by atoms with van der Waals surface area (Å²) in [5, 5.41) is 3.41. The van der Waals surface area contributed by atoms with Crippen LogP contribution in [0, 0.1) is 40.9 Å². The molecule has 5 aliphatic rings. The van der Waals surface area contributed by atoms with Gasteiger partial charge in [0, 0.05) is 12.0 Å². The van der Waals surface area contributed by atoms with Crippen LogP contribution in [0.3, 0.4) is 0 Å². The van der Waals surface area contributed by atoms with Gasteiger partial charge >= 0.3 is 5.97 Å². The smallest absolute Gasteiger partial charge is 0.313 e. The second-order valence-corrected chi connectivity index (χ2v) is 10.1. The highest BCUT2D eigenvalue weighted by Crippen LogP contribution is 2.71. The lowest BCUT2D eigenvalue weighted by Gasteiger charge is -2.48. The van der Waals surface area contributed by atoms with E-state index in [-0.39, 0.29) is 11.6 Å². The Labute approximate surface area is 146 Å². The van der Waals surface area contributed by atoms with Crippen LogP contribution in [-0.2, 0) is 9.53 Å². The first-order valence-electron chi connectivity index (χ1n) is 10.4. The second kappa shape index (κ2) is 4.99. The molecule has 1 heterocycles. The number of hydrogen-bond donors (Lipinski definition) is 1. The minimum Gasteiger partial charge on any atom is -0.458 e. The van der Waals surface area contributed by atoms with E-state index in [9.17, 15) is 4.79 Å². The summed E-state index contributed by atoms with van der Waals surface area (Å²) in [6.07, 6.45) is 9.00. The molecule has 5 rings (SSSR count). The Balaban J connectivity index is 1.38. The van der Waals surface area contributed by atoms with E-state index in [0.717, 1.165) is 55.4 Å². The number of fused-ring (bicyclic) bond motifs is 9. The molecule has 134 valence electrons. The van der Waals surface area contributed by atoms with Gasteiger partial charge in [-0.3, -0.25) is 4.79 Å². The second-order valence-electron chi connectivity index (χ2n) is 10.1. The Hall–Kier alpha value is -0.570. The van der Waals surface area contributed by atoms with Crippen LogP contribution in [0.1, 0.15) is 65.7 Å². The van der Waals surface area contributed by atoms with Crippen LogP contribution < -0.4 is 5.32 Å². The molecular formula is C21H33NO2. The first-order chi connectivity index (χ1) is 11.5. The molecule has 0 spiro atoms. The lowest BCUT2D eigenvalue weighted by atomic mass is 9.65. The summed E-state index contributed by atoms with van der Waals surface area (Å²) in [7, 11) is 0. The Bertz CT molecular complexity index is 554. The molecule has 3 heteroatoms. The quantitative estimate of drug-likeness (QED) is 0.629. The predicted molar refractivity (Wildman–Crippen MR) is 93.3 cm³/mol. The van der Waals surface area contributed by atoms with Crippen LogP contribution in [0.2, 0.25) is 0 Å². The van der Waals surface area contributed by atoms with Gasteiger partial charge in [-0.2, -0.15) is 0 Å². The van der Waals surface area contributed by atoms with E-state index >= 15 is 0 Å². The number of ether oxygens (including phenoxy) is 1. The fourth-order valence-corrected chi connectivity index (χ4v) is 7.66. The maximum atomic E-state index is 13.1. The highest BCUT2D eigenvalue weighted by atomic mass is 16.6. The van der Waals surface area contributed by atoms with Gasteiger partial charge in [0.2, 0.25) is 0 Å². The zero-order valence-corrected chi connectivity index (χ0v) is 15.5. The van der Waals surface area contributed by atoms with Crippen LogP contribution >= 0.6 is 0 Å². The van der Waals surface area contributed by atoms with Gasteiger partial charge in [-0.05, 0) is 94.9 Å². The van der Waals surface area contributed by atoms with Crippen molar-refractivity contribution in [2.24, 2.45) is 40.9 Å². The summed E-state index contributed by atoms with van der Waals surface area (Å²) in [4.78, 5) is 13.1. The predicted octanol–water partition coefficient (Wildman–Crippen LogP) is 3.77. The molecule has 8 atom stereocenters. The fraction of sp³-hybridized carbons (Fsp3) is 0.952. The van der Waals surface area contributed by atoms with Gasteiger partial charge < -0.3 is 10.1 Å². The molecule has 4 aliphatic carbocycles. The van der Waals surface area contributed by atoms with Crippen molar-refractivity contribution >= 4 is 5.97 Å². The van der Waals surface area contributed by atoms with Crippen molar-refractivity contribution in [2.45, 2.75) is 77.4 Å². The third kappa shape index (κ3) is 1.86. The lowest BCUT2D eigenvalue weighted by molar-refractivity contribution is -0.185. The highest BCUT2D eigenvalue weighted by Gasteiger charge is 2.68. The zero-order valence-electron chi connectivity index (χ0n) is 15.5. The van der Waals surface area contributed by atoms with Gasteiger partial charge in [0.15, 0.2) is 0 Å². The zero-order chi connectivity index (χ0) is 16.7. The van der Waals surface area contributed by atoms with E-state index in [1.165, 1.54) is 25.7 Å². The van der Waals surface area contributed by atoms with Crippen molar-refractivity contribution in [3.63, 3.8) is 0 Å². The summed E-state index contributed by atoms with van der Waals surface area (Å²) in [5.41, 5.74) is -0.537. The summed E-state index contributed by atoms with van der Waals surface area (Å²) < 4.78 is 6.44. The molecule has 4 saturated carbocycles. The first kappa shape index (κ1) is 15.7. The van der Waals surface area contributed by atoms with Gasteiger partial charge in [0.05, 0.1) is 5.41 Å². The Morgan fingerprint density at radius 1 is 1.12 bits per heavy atom. The van der Waals surface area contributed by atoms with Crippen LogP contribution in [0.25, 0.3) is 0 Å². The first-order valence-corrected chi connectivity index (χ1v) is 10.4. The molecule has 1 N–H and O–H groups in total. The molecule has 8 unspecified atom stereocenters. The van der Waals surface area contributed by atoms with Crippen molar-refractivity contribution < 1.29 is 9.53 Å². The van der Waals surface area contributed by atoms with Gasteiger partial charge in [0.1, 0.15) is 5.60 Å². The molecule has 4 bridgehead atoms. The topological polar surface area (TPSA) is 38.3 Å². The van der Waals surface area contributed by atoms with Crippen LogP contribution in [0.15, 0.2) is 0 Å². The molecule has 1 saturated heterocycles. The number of carbonyl (C=O) groups excluding carboxylic acids is 1. The fourth-order valence-electron chi connectivity index (χ4n) is 7.66. The number of esters is 1. The van der Waals surface area contributed by atoms with Gasteiger partial charge in [-0.1, -0.05) is 6.92 Å². The lowest BCUT2D eigenvalue weighted by Crippen LogP contribution is -2.57. The normalized spacial score (nSPS) is 51.5. The number of carbonyl (C=O) groups is 1. The van der Waals surface area contributed by atoms with E-state index < -0.39 is 5.41 Å². The van der Waals surface area contributed by atoms with Crippen molar-refractivity contribution in [1.82, 2.24) is 5.32 Å². The van der Waals surface area contributed by atoms with Gasteiger partial charge in [-0.15, -0.1) is 0 Å². The van der Waals surface area contributed by atoms with Crippen molar-refractivity contribution in [1.29, 1.82) is 0 Å². The van der Waals surface area contributed by atoms with E-state index in [0.29, 0.717) is 12.0 Å². The maximum Gasteiger partial charge on any atom is 0.313 e. The highest BCUT2D eigenvalue weighted by molar-refractivity contribution is 5.77. The summed E-state index contributed by atoms with van der Waals surface area (Å²) in [6, 6.07) is 0.299. The average Bonchev–Trinajstić information content (AvgIpc) is 3.22. The molecule has 1 aliphatic heterocycles. The molecule has 3 nitrogen and oxygen atoms in total. The minimum absolute atomic E-state index is 0.0498. The summed E-state index contributed by atoms with van der Waals surface area (Å²) in [6.45, 7) is 7.44. The molecule has 24 heavy (non-hydrogen) atoms. The van der Waals surface area contributed by atoms with Crippen LogP contribution in [0.4, 0.5) is 0 Å². The maximum absolute atomic E-state index is 13.1. The van der Waals surface area contributed by atoms with Crippen LogP contribution in [-0.4, -0.2) is 24.2 Å². The molecule has 0 amide bonds. The molecule has 0 aromatic carbocycles. The van der Waals surface area contributed by atoms with Crippen molar-refractivity contribution in [3.05, 3.63) is 0 Å². The molecule has 0 radical (unpaired) electrons. The van der Waals surface area contributed by atoms with E-state index in [2.05, 4.69) is 26.1 Å². The van der Waals surface area contributed by atoms with Crippen LogP contribution in [0.5, 0.6) is 0 Å². The minimum atomic E-state index is -0.393. The third-order valence-electron chi connectivity index (χ3n) is 9.01. The number of hydrogen-bond acceptors (Lipinski definition) is 3. The van der Waals surface area contributed by atoms with E-state index in [1.54, 1.807) is 0 Å². The molecular weight excluding hydrogens is 298 g/mol. The summed E-state index contributed by atoms with van der Waals surface area (Å²) in [5.74, 6) is 5.36. The van der Waals surface area contributed by atoms with Crippen molar-refractivity contribution in [3.8, 4) is 0 Å². The molecule has 0 aromatic heterocycles. The largest absolute Gasteiger partial charge is 0.458 e. The molecule has 0 aromatic rings. The Morgan fingerprint density at radius 3 is 2.46 bits per heavy atom. The van der Waals surface area contributed by atoms with E-state index in [4.69, 9.17) is 4.74 Å². The molecule has 5 fully saturated rings. The monoisotopic (exact) mass is 331 g/mol. The Kier molecular flexibility index (Phi) is 3.26. The van der Waals surface area contributed by atoms with E-state index in [1.807, 2.05) is 0 Å². The Morgan fingerprint density at radius 2 is 1.83 bits per heavy atom.